The summed E-state index contributed by atoms with van der Waals surface area (Å²) in [5.41, 5.74) is 4.43. The van der Waals surface area contributed by atoms with Gasteiger partial charge in [0, 0.05) is 12.6 Å². The molecular formula is C14H18N2O2. The summed E-state index contributed by atoms with van der Waals surface area (Å²) in [6, 6.07) is 2.59. The van der Waals surface area contributed by atoms with Gasteiger partial charge in [0.25, 0.3) is 6.01 Å². The first-order valence-electron chi connectivity index (χ1n) is 5.87. The first kappa shape index (κ1) is 12.5. The number of benzene rings is 1. The maximum atomic E-state index is 5.62. The third-order valence-corrected chi connectivity index (χ3v) is 3.22. The van der Waals surface area contributed by atoms with Gasteiger partial charge in [-0.05, 0) is 43.5 Å². The second kappa shape index (κ2) is 4.72. The van der Waals surface area contributed by atoms with Gasteiger partial charge in [0.1, 0.15) is 5.75 Å². The summed E-state index contributed by atoms with van der Waals surface area (Å²) in [5, 5.41) is 2.89. The van der Waals surface area contributed by atoms with Crippen LogP contribution in [0, 0.1) is 20.8 Å². The van der Waals surface area contributed by atoms with Crippen LogP contribution in [0.2, 0.25) is 0 Å². The summed E-state index contributed by atoms with van der Waals surface area (Å²) >= 11 is 0. The number of hydrogen-bond acceptors (Lipinski definition) is 4. The average Bonchev–Trinajstić information content (AvgIpc) is 2.83. The van der Waals surface area contributed by atoms with E-state index in [1.165, 1.54) is 0 Å². The van der Waals surface area contributed by atoms with E-state index in [0.717, 1.165) is 33.8 Å². The first-order valence-corrected chi connectivity index (χ1v) is 5.87. The van der Waals surface area contributed by atoms with Crippen LogP contribution in [0.3, 0.4) is 0 Å². The molecule has 1 heterocycles. The molecule has 4 heteroatoms. The maximum absolute atomic E-state index is 5.62. The molecule has 4 nitrogen and oxygen atoms in total. The van der Waals surface area contributed by atoms with Crippen molar-refractivity contribution in [2.45, 2.75) is 20.8 Å². The fourth-order valence-corrected chi connectivity index (χ4v) is 2.14. The zero-order valence-corrected chi connectivity index (χ0v) is 11.4. The quantitative estimate of drug-likeness (QED) is 0.902. The molecule has 0 unspecified atom stereocenters. The van der Waals surface area contributed by atoms with Crippen LogP contribution >= 0.6 is 0 Å². The molecular weight excluding hydrogens is 228 g/mol. The molecule has 0 spiro atoms. The Bertz CT molecular complexity index is 573. The zero-order chi connectivity index (χ0) is 13.3. The maximum Gasteiger partial charge on any atom is 0.294 e. The first-order chi connectivity index (χ1) is 8.58. The zero-order valence-electron chi connectivity index (χ0n) is 11.4. The molecule has 1 N–H and O–H groups in total. The molecule has 0 amide bonds. The fourth-order valence-electron chi connectivity index (χ4n) is 2.14. The number of ether oxygens (including phenoxy) is 1. The number of hydrogen-bond donors (Lipinski definition) is 1. The molecule has 0 atom stereocenters. The molecule has 18 heavy (non-hydrogen) atoms. The van der Waals surface area contributed by atoms with E-state index in [1.807, 2.05) is 6.92 Å². The molecule has 0 saturated heterocycles. The highest BCUT2D eigenvalue weighted by Gasteiger charge is 2.14. The van der Waals surface area contributed by atoms with Crippen LogP contribution in [-0.2, 0) is 0 Å². The lowest BCUT2D eigenvalue weighted by Gasteiger charge is -2.14. The van der Waals surface area contributed by atoms with Crippen molar-refractivity contribution in [1.82, 2.24) is 4.98 Å². The van der Waals surface area contributed by atoms with Crippen molar-refractivity contribution < 1.29 is 9.15 Å². The standard InChI is InChI=1S/C14H18N2O2/c1-8-6-11(9(2)10(3)13(8)17-5)12-7-16-14(15-4)18-12/h6-7H,1-5H3,(H,15,16). The molecule has 96 valence electrons. The number of aromatic nitrogens is 1. The lowest BCUT2D eigenvalue weighted by Crippen LogP contribution is -1.96. The number of methoxy groups -OCH3 is 1. The van der Waals surface area contributed by atoms with Gasteiger partial charge < -0.3 is 14.5 Å². The monoisotopic (exact) mass is 246 g/mol. The van der Waals surface area contributed by atoms with Crippen molar-refractivity contribution in [2.75, 3.05) is 19.5 Å². The lowest BCUT2D eigenvalue weighted by atomic mass is 9.97. The Balaban J connectivity index is 2.58. The van der Waals surface area contributed by atoms with E-state index in [9.17, 15) is 0 Å². The Hall–Kier alpha value is -1.97. The largest absolute Gasteiger partial charge is 0.496 e. The minimum absolute atomic E-state index is 0.524. The summed E-state index contributed by atoms with van der Waals surface area (Å²) in [4.78, 5) is 4.15. The van der Waals surface area contributed by atoms with Crippen molar-refractivity contribution in [3.05, 3.63) is 29.0 Å². The van der Waals surface area contributed by atoms with E-state index in [2.05, 4.69) is 30.2 Å². The smallest absolute Gasteiger partial charge is 0.294 e. The topological polar surface area (TPSA) is 47.3 Å². The normalized spacial score (nSPS) is 10.5. The van der Waals surface area contributed by atoms with Crippen molar-refractivity contribution in [1.29, 1.82) is 0 Å². The molecule has 0 saturated carbocycles. The highest BCUT2D eigenvalue weighted by Crippen LogP contribution is 2.34. The predicted molar refractivity (Wildman–Crippen MR) is 72.2 cm³/mol. The van der Waals surface area contributed by atoms with E-state index in [0.29, 0.717) is 6.01 Å². The van der Waals surface area contributed by atoms with Crippen LogP contribution in [0.5, 0.6) is 5.75 Å². The van der Waals surface area contributed by atoms with Crippen LogP contribution in [0.1, 0.15) is 16.7 Å². The number of rotatable bonds is 3. The number of nitrogens with one attached hydrogen (secondary N) is 1. The third kappa shape index (κ3) is 1.94. The third-order valence-electron chi connectivity index (χ3n) is 3.22. The SMILES string of the molecule is CNc1ncc(-c2cc(C)c(OC)c(C)c2C)o1. The van der Waals surface area contributed by atoms with Gasteiger partial charge in [-0.2, -0.15) is 0 Å². The average molecular weight is 246 g/mol. The second-order valence-electron chi connectivity index (χ2n) is 4.30. The Morgan fingerprint density at radius 3 is 2.50 bits per heavy atom. The van der Waals surface area contributed by atoms with Crippen LogP contribution < -0.4 is 10.1 Å². The van der Waals surface area contributed by atoms with Gasteiger partial charge in [-0.15, -0.1) is 0 Å². The van der Waals surface area contributed by atoms with Crippen molar-refractivity contribution in [3.8, 4) is 17.1 Å². The Morgan fingerprint density at radius 1 is 1.22 bits per heavy atom. The van der Waals surface area contributed by atoms with Gasteiger partial charge in [0.05, 0.1) is 13.3 Å². The minimum Gasteiger partial charge on any atom is -0.496 e. The number of nitrogens with zero attached hydrogens (tertiary/aromatic N) is 1. The van der Waals surface area contributed by atoms with Crippen LogP contribution in [0.15, 0.2) is 16.7 Å². The van der Waals surface area contributed by atoms with E-state index in [1.54, 1.807) is 20.4 Å². The summed E-state index contributed by atoms with van der Waals surface area (Å²) in [7, 11) is 3.48. The van der Waals surface area contributed by atoms with E-state index in [4.69, 9.17) is 9.15 Å². The summed E-state index contributed by atoms with van der Waals surface area (Å²) in [6.07, 6.45) is 1.74. The van der Waals surface area contributed by atoms with Gasteiger partial charge in [-0.1, -0.05) is 0 Å². The number of oxazole rings is 1. The molecule has 2 rings (SSSR count). The number of aryl methyl sites for hydroxylation is 1. The van der Waals surface area contributed by atoms with Gasteiger partial charge >= 0.3 is 0 Å². The van der Waals surface area contributed by atoms with Crippen molar-refractivity contribution in [2.24, 2.45) is 0 Å². The Morgan fingerprint density at radius 2 is 1.94 bits per heavy atom. The molecule has 0 radical (unpaired) electrons. The van der Waals surface area contributed by atoms with E-state index in [-0.39, 0.29) is 0 Å². The minimum atomic E-state index is 0.524. The summed E-state index contributed by atoms with van der Waals surface area (Å²) in [5.74, 6) is 1.70. The van der Waals surface area contributed by atoms with Crippen molar-refractivity contribution in [3.63, 3.8) is 0 Å². The fraction of sp³-hybridized carbons (Fsp3) is 0.357. The Kier molecular flexibility index (Phi) is 3.28. The lowest BCUT2D eigenvalue weighted by molar-refractivity contribution is 0.408. The van der Waals surface area contributed by atoms with Gasteiger partial charge in [-0.3, -0.25) is 0 Å². The predicted octanol–water partition coefficient (Wildman–Crippen LogP) is 3.32. The van der Waals surface area contributed by atoms with Gasteiger partial charge in [-0.25, -0.2) is 4.98 Å². The highest BCUT2D eigenvalue weighted by molar-refractivity contribution is 5.68. The van der Waals surface area contributed by atoms with Gasteiger partial charge in [0.2, 0.25) is 0 Å². The molecule has 0 aliphatic carbocycles. The van der Waals surface area contributed by atoms with Crippen LogP contribution in [0.4, 0.5) is 6.01 Å². The van der Waals surface area contributed by atoms with Crippen molar-refractivity contribution >= 4 is 6.01 Å². The molecule has 1 aromatic heterocycles. The number of anilines is 1. The van der Waals surface area contributed by atoms with E-state index < -0.39 is 0 Å². The van der Waals surface area contributed by atoms with Crippen LogP contribution in [0.25, 0.3) is 11.3 Å². The van der Waals surface area contributed by atoms with Gasteiger partial charge in [0.15, 0.2) is 5.76 Å². The van der Waals surface area contributed by atoms with Crippen LogP contribution in [-0.4, -0.2) is 19.1 Å². The second-order valence-corrected chi connectivity index (χ2v) is 4.30. The molecule has 0 aliphatic rings. The Labute approximate surface area is 107 Å². The molecule has 0 bridgehead atoms. The highest BCUT2D eigenvalue weighted by atomic mass is 16.5. The summed E-state index contributed by atoms with van der Waals surface area (Å²) < 4.78 is 11.0. The molecule has 0 fully saturated rings. The summed E-state index contributed by atoms with van der Waals surface area (Å²) in [6.45, 7) is 6.15. The molecule has 2 aromatic rings. The molecule has 1 aromatic carbocycles. The molecule has 0 aliphatic heterocycles. The van der Waals surface area contributed by atoms with E-state index >= 15 is 0 Å².